The van der Waals surface area contributed by atoms with E-state index in [1.807, 2.05) is 6.07 Å². The Hall–Kier alpha value is -2.98. The number of rotatable bonds is 6. The number of esters is 1. The van der Waals surface area contributed by atoms with Crippen LogP contribution in [0.4, 0.5) is 5.95 Å². The second kappa shape index (κ2) is 8.18. The Bertz CT molecular complexity index is 1190. The van der Waals surface area contributed by atoms with Crippen molar-refractivity contribution in [2.45, 2.75) is 51.8 Å². The molecule has 2 aromatic heterocycles. The zero-order valence-electron chi connectivity index (χ0n) is 18.0. The Morgan fingerprint density at radius 2 is 2.12 bits per heavy atom. The van der Waals surface area contributed by atoms with E-state index in [1.165, 1.54) is 23.3 Å². The number of ether oxygens (including phenoxy) is 1. The Balaban J connectivity index is 1.40. The van der Waals surface area contributed by atoms with Crippen molar-refractivity contribution in [2.75, 3.05) is 18.4 Å². The van der Waals surface area contributed by atoms with Crippen LogP contribution >= 0.6 is 11.3 Å². The first-order chi connectivity index (χ1) is 15.4. The van der Waals surface area contributed by atoms with Gasteiger partial charge >= 0.3 is 11.9 Å². The van der Waals surface area contributed by atoms with Crippen LogP contribution in [0.1, 0.15) is 37.1 Å². The number of nitrogens with one attached hydrogen (secondary N) is 1. The number of anilines is 1. The number of hydrogen-bond donors (Lipinski definition) is 1. The lowest BCUT2D eigenvalue weighted by molar-refractivity contribution is -0.672. The van der Waals surface area contributed by atoms with Gasteiger partial charge < -0.3 is 15.2 Å². The largest absolute Gasteiger partial charge is 0.739 e. The summed E-state index contributed by atoms with van der Waals surface area (Å²) in [5.74, 6) is -0.774. The molecule has 3 heterocycles. The van der Waals surface area contributed by atoms with Gasteiger partial charge in [-0.25, -0.2) is 9.52 Å². The molecule has 3 aromatic rings. The van der Waals surface area contributed by atoms with Crippen molar-refractivity contribution in [1.29, 1.82) is 0 Å². The molecule has 10 heteroatoms. The van der Waals surface area contributed by atoms with E-state index in [0.717, 1.165) is 36.0 Å². The van der Waals surface area contributed by atoms with Crippen LogP contribution in [0.15, 0.2) is 24.3 Å². The predicted octanol–water partition coefficient (Wildman–Crippen LogP) is 2.11. The van der Waals surface area contributed by atoms with E-state index in [4.69, 9.17) is 4.74 Å². The molecule has 1 aromatic carbocycles. The summed E-state index contributed by atoms with van der Waals surface area (Å²) < 4.78 is 5.56. The molecular formula is C22H25N5O4S. The third-order valence-corrected chi connectivity index (χ3v) is 7.07. The highest BCUT2D eigenvalue weighted by Crippen LogP contribution is 2.38. The van der Waals surface area contributed by atoms with Gasteiger partial charge in [-0.05, 0) is 62.4 Å². The molecule has 0 atom stereocenters. The van der Waals surface area contributed by atoms with Crippen LogP contribution in [-0.2, 0) is 22.5 Å². The van der Waals surface area contributed by atoms with Gasteiger partial charge in [-0.3, -0.25) is 10.2 Å². The molecule has 9 nitrogen and oxygen atoms in total. The number of hydrogen-bond acceptors (Lipinski definition) is 8. The lowest BCUT2D eigenvalue weighted by Gasteiger charge is -2.26. The molecule has 0 amide bonds. The summed E-state index contributed by atoms with van der Waals surface area (Å²) in [5.41, 5.74) is 2.61. The maximum atomic E-state index is 12.7. The topological polar surface area (TPSA) is 108 Å². The first-order valence-corrected chi connectivity index (χ1v) is 11.7. The molecule has 1 aliphatic heterocycles. The number of carbonyl (C=O) groups is 1. The molecule has 168 valence electrons. The van der Waals surface area contributed by atoms with Gasteiger partial charge in [-0.15, -0.1) is 11.3 Å². The number of benzene rings is 1. The van der Waals surface area contributed by atoms with Gasteiger partial charge in [0, 0.05) is 39.8 Å². The number of thiophene rings is 1. The molecule has 0 saturated heterocycles. The van der Waals surface area contributed by atoms with Crippen LogP contribution in [0.5, 0.6) is 0 Å². The molecule has 1 saturated carbocycles. The third kappa shape index (κ3) is 4.07. The fourth-order valence-electron chi connectivity index (χ4n) is 4.11. The number of fused-ring (bicyclic) bond motifs is 2. The monoisotopic (exact) mass is 455 g/mol. The van der Waals surface area contributed by atoms with Gasteiger partial charge in [0.2, 0.25) is 5.10 Å². The fraction of sp³-hybridized carbons (Fsp3) is 0.455. The van der Waals surface area contributed by atoms with Gasteiger partial charge in [0.15, 0.2) is 12.1 Å². The third-order valence-electron chi connectivity index (χ3n) is 5.78. The second-order valence-corrected chi connectivity index (χ2v) is 9.73. The van der Waals surface area contributed by atoms with Crippen LogP contribution in [0.3, 0.4) is 0 Å². The highest BCUT2D eigenvalue weighted by atomic mass is 32.1. The van der Waals surface area contributed by atoms with Crippen LogP contribution in [0, 0.1) is 10.4 Å². The standard InChI is InChI=1S/C22H25N5O4S/c1-13(2)31-21(28)11-23-22-24-27(30)18-9-14(3-6-17(18)26(22)29)20-10-15-12-25(16-4-5-16)8-7-19(15)32-20/h3,6,9-10,13,16H,4-5,7-8,11-12H2,1-2H3,(H,23,24). The number of nitrogens with zero attached hydrogens (tertiary/aromatic N) is 4. The Morgan fingerprint density at radius 3 is 2.88 bits per heavy atom. The highest BCUT2D eigenvalue weighted by molar-refractivity contribution is 7.15. The van der Waals surface area contributed by atoms with E-state index in [1.54, 1.807) is 37.3 Å². The summed E-state index contributed by atoms with van der Waals surface area (Å²) in [7, 11) is 0. The summed E-state index contributed by atoms with van der Waals surface area (Å²) in [6.45, 7) is 5.31. The zero-order valence-corrected chi connectivity index (χ0v) is 18.9. The lowest BCUT2D eigenvalue weighted by atomic mass is 10.1. The van der Waals surface area contributed by atoms with E-state index in [-0.39, 0.29) is 29.6 Å². The molecule has 0 radical (unpaired) electrons. The van der Waals surface area contributed by atoms with E-state index < -0.39 is 5.97 Å². The number of aromatic nitrogens is 3. The van der Waals surface area contributed by atoms with Crippen molar-refractivity contribution >= 4 is 34.3 Å². The van der Waals surface area contributed by atoms with E-state index in [9.17, 15) is 15.2 Å². The molecule has 0 bridgehead atoms. The van der Waals surface area contributed by atoms with Gasteiger partial charge in [0.1, 0.15) is 0 Å². The van der Waals surface area contributed by atoms with Gasteiger partial charge in [-0.1, -0.05) is 0 Å². The summed E-state index contributed by atoms with van der Waals surface area (Å²) in [6, 6.07) is 8.14. The maximum absolute atomic E-state index is 12.7. The minimum atomic E-state index is -0.531. The summed E-state index contributed by atoms with van der Waals surface area (Å²) in [6.07, 6.45) is 3.40. The highest BCUT2D eigenvalue weighted by Gasteiger charge is 2.32. The molecule has 1 fully saturated rings. The van der Waals surface area contributed by atoms with Crippen molar-refractivity contribution in [3.63, 3.8) is 0 Å². The molecule has 0 unspecified atom stereocenters. The van der Waals surface area contributed by atoms with Crippen molar-refractivity contribution in [3.8, 4) is 10.4 Å². The van der Waals surface area contributed by atoms with Gasteiger partial charge in [0.05, 0.1) is 6.10 Å². The van der Waals surface area contributed by atoms with Gasteiger partial charge in [-0.2, -0.15) is 0 Å². The Morgan fingerprint density at radius 1 is 1.31 bits per heavy atom. The summed E-state index contributed by atoms with van der Waals surface area (Å²) >= 11 is 1.75. The first kappa shape index (κ1) is 20.9. The Kier molecular flexibility index (Phi) is 5.34. The van der Waals surface area contributed by atoms with Crippen LogP contribution < -0.4 is 14.9 Å². The molecule has 0 spiro atoms. The van der Waals surface area contributed by atoms with E-state index in [2.05, 4.69) is 21.4 Å². The van der Waals surface area contributed by atoms with Crippen molar-refractivity contribution in [3.05, 3.63) is 45.1 Å². The quantitative estimate of drug-likeness (QED) is 0.344. The summed E-state index contributed by atoms with van der Waals surface area (Å²) in [5, 5.41) is 31.7. The lowest BCUT2D eigenvalue weighted by Crippen LogP contribution is -2.44. The van der Waals surface area contributed by atoms with Crippen LogP contribution in [0.2, 0.25) is 0 Å². The smallest absolute Gasteiger partial charge is 0.461 e. The normalized spacial score (nSPS) is 16.3. The van der Waals surface area contributed by atoms with E-state index in [0.29, 0.717) is 9.58 Å². The molecule has 1 N–H and O–H groups in total. The van der Waals surface area contributed by atoms with Crippen LogP contribution in [0.25, 0.3) is 21.5 Å². The van der Waals surface area contributed by atoms with Crippen LogP contribution in [-0.4, -0.2) is 41.2 Å². The SMILES string of the molecule is CC(C)OC(=O)CNc1n[n+]([O-])c2cc(-c3cc4c(s3)CCN(C3CC3)C4)ccc2[n+]1[O-]. The molecular weight excluding hydrogens is 430 g/mol. The second-order valence-electron chi connectivity index (χ2n) is 8.60. The predicted molar refractivity (Wildman–Crippen MR) is 120 cm³/mol. The minimum absolute atomic E-state index is 0.179. The van der Waals surface area contributed by atoms with Crippen molar-refractivity contribution in [2.24, 2.45) is 0 Å². The molecule has 5 rings (SSSR count). The maximum Gasteiger partial charge on any atom is 0.461 e. The average molecular weight is 456 g/mol. The fourth-order valence-corrected chi connectivity index (χ4v) is 5.27. The molecule has 1 aliphatic carbocycles. The van der Waals surface area contributed by atoms with E-state index >= 15 is 0 Å². The summed E-state index contributed by atoms with van der Waals surface area (Å²) in [4.78, 5) is 17.2. The van der Waals surface area contributed by atoms with Crippen molar-refractivity contribution < 1.29 is 19.1 Å². The minimum Gasteiger partial charge on any atom is -0.739 e. The number of carbonyl (C=O) groups excluding carboxylic acids is 1. The van der Waals surface area contributed by atoms with Crippen molar-refractivity contribution in [1.82, 2.24) is 10.00 Å². The molecule has 32 heavy (non-hydrogen) atoms. The molecule has 2 aliphatic rings. The first-order valence-electron chi connectivity index (χ1n) is 10.9. The zero-order chi connectivity index (χ0) is 22.4. The van der Waals surface area contributed by atoms with Gasteiger partial charge in [0.25, 0.3) is 5.52 Å². The Labute approximate surface area is 189 Å². The average Bonchev–Trinajstić information content (AvgIpc) is 3.53.